The van der Waals surface area contributed by atoms with Gasteiger partial charge < -0.3 is 4.74 Å². The molecule has 2 nitrogen and oxygen atoms in total. The molecule has 0 aliphatic heterocycles. The molecule has 0 aromatic carbocycles. The summed E-state index contributed by atoms with van der Waals surface area (Å²) in [5, 5.41) is 0. The van der Waals surface area contributed by atoms with Gasteiger partial charge >= 0.3 is 5.97 Å². The zero-order chi connectivity index (χ0) is 14.5. The lowest BCUT2D eigenvalue weighted by Crippen LogP contribution is -2.07. The second-order valence-electron chi connectivity index (χ2n) is 5.56. The number of carbonyl (C=O) groups is 1. The number of carbonyl (C=O) groups excluding carboxylic acids is 1. The lowest BCUT2D eigenvalue weighted by molar-refractivity contribution is -0.139. The fraction of sp³-hybridized carbons (Fsp3) is 0.824. The van der Waals surface area contributed by atoms with Crippen LogP contribution in [0.5, 0.6) is 0 Å². The van der Waals surface area contributed by atoms with Crippen molar-refractivity contribution in [2.75, 3.05) is 6.61 Å². The predicted octanol–water partition coefficient (Wildman–Crippen LogP) is 5.27. The first-order chi connectivity index (χ1) is 9.11. The van der Waals surface area contributed by atoms with Gasteiger partial charge in [-0.15, -0.1) is 0 Å². The van der Waals surface area contributed by atoms with Crippen molar-refractivity contribution in [2.24, 2.45) is 5.92 Å². The van der Waals surface area contributed by atoms with Crippen molar-refractivity contribution in [1.29, 1.82) is 0 Å². The third-order valence-electron chi connectivity index (χ3n) is 3.52. The largest absolute Gasteiger partial charge is 0.462 e. The molecule has 0 aromatic rings. The highest BCUT2D eigenvalue weighted by Gasteiger charge is 2.08. The van der Waals surface area contributed by atoms with E-state index in [1.54, 1.807) is 6.92 Å². The highest BCUT2D eigenvalue weighted by atomic mass is 16.5. The Kier molecular flexibility index (Phi) is 11.7. The Bertz CT molecular complexity index is 238. The van der Waals surface area contributed by atoms with E-state index in [9.17, 15) is 4.79 Å². The summed E-state index contributed by atoms with van der Waals surface area (Å²) in [5.41, 5.74) is 0.490. The zero-order valence-electron chi connectivity index (χ0n) is 13.2. The minimum absolute atomic E-state index is 0.256. The van der Waals surface area contributed by atoms with Crippen LogP contribution in [0.15, 0.2) is 12.2 Å². The van der Waals surface area contributed by atoms with E-state index >= 15 is 0 Å². The molecule has 0 aromatic heterocycles. The standard InChI is InChI=1S/C17H32O2/c1-5-7-11-16(12-8-6-2)13-9-10-14-19-17(18)15(3)4/h16H,3,5-14H2,1-2,4H3. The van der Waals surface area contributed by atoms with Crippen molar-refractivity contribution in [1.82, 2.24) is 0 Å². The van der Waals surface area contributed by atoms with Gasteiger partial charge in [-0.25, -0.2) is 4.79 Å². The molecule has 2 heteroatoms. The summed E-state index contributed by atoms with van der Waals surface area (Å²) in [5.74, 6) is 0.616. The lowest BCUT2D eigenvalue weighted by Gasteiger charge is -2.16. The number of ether oxygens (including phenoxy) is 1. The summed E-state index contributed by atoms with van der Waals surface area (Å²) in [7, 11) is 0. The van der Waals surface area contributed by atoms with Crippen LogP contribution in [0.1, 0.15) is 78.6 Å². The van der Waals surface area contributed by atoms with Gasteiger partial charge in [-0.3, -0.25) is 0 Å². The van der Waals surface area contributed by atoms with Crippen LogP contribution >= 0.6 is 0 Å². The first-order valence-electron chi connectivity index (χ1n) is 7.94. The summed E-state index contributed by atoms with van der Waals surface area (Å²) in [4.78, 5) is 11.2. The molecule has 0 atom stereocenters. The van der Waals surface area contributed by atoms with Crippen molar-refractivity contribution < 1.29 is 9.53 Å². The van der Waals surface area contributed by atoms with E-state index in [0.29, 0.717) is 12.2 Å². The molecule has 0 saturated heterocycles. The van der Waals surface area contributed by atoms with E-state index in [1.165, 1.54) is 51.4 Å². The Morgan fingerprint density at radius 1 is 1.00 bits per heavy atom. The molecule has 0 radical (unpaired) electrons. The number of unbranched alkanes of at least 4 members (excludes halogenated alkanes) is 3. The number of rotatable bonds is 12. The molecule has 19 heavy (non-hydrogen) atoms. The normalized spacial score (nSPS) is 10.7. The second-order valence-corrected chi connectivity index (χ2v) is 5.56. The van der Waals surface area contributed by atoms with Crippen LogP contribution in [0.4, 0.5) is 0 Å². The summed E-state index contributed by atoms with van der Waals surface area (Å²) in [6.07, 6.45) is 11.4. The van der Waals surface area contributed by atoms with Gasteiger partial charge in [-0.05, 0) is 25.7 Å². The van der Waals surface area contributed by atoms with Gasteiger partial charge in [-0.1, -0.05) is 65.4 Å². The smallest absolute Gasteiger partial charge is 0.333 e. The van der Waals surface area contributed by atoms with Gasteiger partial charge in [0.25, 0.3) is 0 Å². The van der Waals surface area contributed by atoms with Gasteiger partial charge in [0, 0.05) is 5.57 Å². The van der Waals surface area contributed by atoms with Crippen LogP contribution in [0.25, 0.3) is 0 Å². The predicted molar refractivity (Wildman–Crippen MR) is 82.2 cm³/mol. The lowest BCUT2D eigenvalue weighted by atomic mass is 9.91. The summed E-state index contributed by atoms with van der Waals surface area (Å²) >= 11 is 0. The molecule has 0 N–H and O–H groups in total. The molecule has 0 saturated carbocycles. The molecule has 0 unspecified atom stereocenters. The van der Waals surface area contributed by atoms with Crippen LogP contribution in [-0.2, 0) is 9.53 Å². The Hall–Kier alpha value is -0.790. The average molecular weight is 268 g/mol. The second kappa shape index (κ2) is 12.3. The fourth-order valence-electron chi connectivity index (χ4n) is 2.24. The molecule has 0 amide bonds. The first-order valence-corrected chi connectivity index (χ1v) is 7.94. The average Bonchev–Trinajstić information content (AvgIpc) is 2.40. The Morgan fingerprint density at radius 2 is 1.53 bits per heavy atom. The van der Waals surface area contributed by atoms with Gasteiger partial charge in [0.2, 0.25) is 0 Å². The molecule has 0 spiro atoms. The number of hydrogen-bond donors (Lipinski definition) is 0. The maximum Gasteiger partial charge on any atom is 0.333 e. The van der Waals surface area contributed by atoms with Gasteiger partial charge in [0.05, 0.1) is 6.61 Å². The zero-order valence-corrected chi connectivity index (χ0v) is 13.2. The Morgan fingerprint density at radius 3 is 2.00 bits per heavy atom. The monoisotopic (exact) mass is 268 g/mol. The highest BCUT2D eigenvalue weighted by molar-refractivity contribution is 5.86. The van der Waals surface area contributed by atoms with E-state index < -0.39 is 0 Å². The van der Waals surface area contributed by atoms with Crippen LogP contribution < -0.4 is 0 Å². The molecule has 0 heterocycles. The van der Waals surface area contributed by atoms with Crippen molar-refractivity contribution in [3.8, 4) is 0 Å². The summed E-state index contributed by atoms with van der Waals surface area (Å²) < 4.78 is 5.11. The molecule has 0 fully saturated rings. The maximum atomic E-state index is 11.2. The van der Waals surface area contributed by atoms with Crippen LogP contribution in [0.3, 0.4) is 0 Å². The third-order valence-corrected chi connectivity index (χ3v) is 3.52. The Labute approximate surface area is 119 Å². The van der Waals surface area contributed by atoms with Crippen LogP contribution in [-0.4, -0.2) is 12.6 Å². The van der Waals surface area contributed by atoms with E-state index in [2.05, 4.69) is 20.4 Å². The quantitative estimate of drug-likeness (QED) is 0.274. The number of esters is 1. The van der Waals surface area contributed by atoms with Crippen LogP contribution in [0.2, 0.25) is 0 Å². The Balaban J connectivity index is 3.67. The van der Waals surface area contributed by atoms with Crippen molar-refractivity contribution in [2.45, 2.75) is 78.6 Å². The first kappa shape index (κ1) is 18.2. The van der Waals surface area contributed by atoms with Gasteiger partial charge in [0.15, 0.2) is 0 Å². The van der Waals surface area contributed by atoms with Crippen molar-refractivity contribution in [3.05, 3.63) is 12.2 Å². The molecule has 0 bridgehead atoms. The molecule has 112 valence electrons. The summed E-state index contributed by atoms with van der Waals surface area (Å²) in [6.45, 7) is 10.3. The van der Waals surface area contributed by atoms with Crippen LogP contribution in [0, 0.1) is 5.92 Å². The minimum atomic E-state index is -0.256. The molecular formula is C17H32O2. The SMILES string of the molecule is C=C(C)C(=O)OCCCCC(CCCC)CCCC. The topological polar surface area (TPSA) is 26.3 Å². The fourth-order valence-corrected chi connectivity index (χ4v) is 2.24. The highest BCUT2D eigenvalue weighted by Crippen LogP contribution is 2.22. The molecule has 0 rings (SSSR count). The van der Waals surface area contributed by atoms with E-state index in [-0.39, 0.29) is 5.97 Å². The maximum absolute atomic E-state index is 11.2. The van der Waals surface area contributed by atoms with Gasteiger partial charge in [0.1, 0.15) is 0 Å². The number of hydrogen-bond acceptors (Lipinski definition) is 2. The minimum Gasteiger partial charge on any atom is -0.462 e. The van der Waals surface area contributed by atoms with Crippen molar-refractivity contribution in [3.63, 3.8) is 0 Å². The third kappa shape index (κ3) is 10.8. The summed E-state index contributed by atoms with van der Waals surface area (Å²) in [6, 6.07) is 0. The van der Waals surface area contributed by atoms with E-state index in [1.807, 2.05) is 0 Å². The molecule has 0 aliphatic carbocycles. The molecular weight excluding hydrogens is 236 g/mol. The van der Waals surface area contributed by atoms with Gasteiger partial charge in [-0.2, -0.15) is 0 Å². The van der Waals surface area contributed by atoms with E-state index in [4.69, 9.17) is 4.74 Å². The molecule has 0 aliphatic rings. The van der Waals surface area contributed by atoms with E-state index in [0.717, 1.165) is 12.3 Å². The van der Waals surface area contributed by atoms with Crippen molar-refractivity contribution >= 4 is 5.97 Å².